The molecular formula is C19H22FN3O3. The van der Waals surface area contributed by atoms with E-state index in [9.17, 15) is 14.0 Å². The largest absolute Gasteiger partial charge is 0.361 e. The lowest BCUT2D eigenvalue weighted by atomic mass is 10.1. The van der Waals surface area contributed by atoms with Gasteiger partial charge in [0.25, 0.3) is 5.91 Å². The van der Waals surface area contributed by atoms with E-state index in [0.717, 1.165) is 12.0 Å². The van der Waals surface area contributed by atoms with E-state index in [-0.39, 0.29) is 30.1 Å². The molecule has 7 heteroatoms. The second kappa shape index (κ2) is 8.12. The van der Waals surface area contributed by atoms with Crippen molar-refractivity contribution in [3.05, 3.63) is 53.2 Å². The zero-order valence-corrected chi connectivity index (χ0v) is 14.7. The van der Waals surface area contributed by atoms with Crippen LogP contribution in [-0.2, 0) is 17.6 Å². The lowest BCUT2D eigenvalue weighted by Gasteiger charge is -2.17. The number of aromatic nitrogens is 1. The van der Waals surface area contributed by atoms with Gasteiger partial charge in [-0.25, -0.2) is 4.39 Å². The summed E-state index contributed by atoms with van der Waals surface area (Å²) in [6.07, 6.45) is 3.86. The number of carbonyl (C=O) groups excluding carboxylic acids is 2. The molecule has 1 fully saturated rings. The molecule has 1 aliphatic heterocycles. The molecule has 0 aliphatic carbocycles. The van der Waals surface area contributed by atoms with Gasteiger partial charge < -0.3 is 14.7 Å². The van der Waals surface area contributed by atoms with Gasteiger partial charge in [-0.2, -0.15) is 0 Å². The molecule has 1 N–H and O–H groups in total. The van der Waals surface area contributed by atoms with Gasteiger partial charge in [0.15, 0.2) is 0 Å². The Labute approximate surface area is 151 Å². The van der Waals surface area contributed by atoms with Gasteiger partial charge >= 0.3 is 0 Å². The second-order valence-corrected chi connectivity index (χ2v) is 6.50. The van der Waals surface area contributed by atoms with Gasteiger partial charge in [-0.05, 0) is 30.5 Å². The SMILES string of the molecule is CCCc1oncc1C(=O)N[C@@H]1CC(=O)N(CCc2ccc(F)cc2)C1. The van der Waals surface area contributed by atoms with E-state index < -0.39 is 0 Å². The Hall–Kier alpha value is -2.70. The van der Waals surface area contributed by atoms with Gasteiger partial charge in [0.05, 0.1) is 12.2 Å². The third-order valence-electron chi connectivity index (χ3n) is 4.50. The lowest BCUT2D eigenvalue weighted by Crippen LogP contribution is -2.37. The maximum Gasteiger partial charge on any atom is 0.256 e. The van der Waals surface area contributed by atoms with Crippen molar-refractivity contribution in [2.75, 3.05) is 13.1 Å². The van der Waals surface area contributed by atoms with Crippen molar-refractivity contribution in [2.45, 2.75) is 38.6 Å². The van der Waals surface area contributed by atoms with Crippen molar-refractivity contribution < 1.29 is 18.5 Å². The molecule has 1 atom stereocenters. The molecule has 138 valence electrons. The summed E-state index contributed by atoms with van der Waals surface area (Å²) in [7, 11) is 0. The first-order valence-corrected chi connectivity index (χ1v) is 8.83. The topological polar surface area (TPSA) is 75.4 Å². The van der Waals surface area contributed by atoms with Gasteiger partial charge in [0.2, 0.25) is 5.91 Å². The molecule has 0 saturated carbocycles. The molecule has 6 nitrogen and oxygen atoms in total. The molecule has 2 amide bonds. The first-order chi connectivity index (χ1) is 12.6. The number of rotatable bonds is 7. The summed E-state index contributed by atoms with van der Waals surface area (Å²) in [6.45, 7) is 3.02. The standard InChI is InChI=1S/C19H22FN3O3/c1-2-3-17-16(11-21-26-17)19(25)22-15-10-18(24)23(12-15)9-8-13-4-6-14(20)7-5-13/h4-7,11,15H,2-3,8-10,12H2,1H3,(H,22,25)/t15-/m1/s1. The van der Waals surface area contributed by atoms with Crippen LogP contribution < -0.4 is 5.32 Å². The van der Waals surface area contributed by atoms with E-state index in [0.29, 0.717) is 37.3 Å². The molecule has 1 aromatic heterocycles. The van der Waals surface area contributed by atoms with Crippen LogP contribution in [0.5, 0.6) is 0 Å². The summed E-state index contributed by atoms with van der Waals surface area (Å²) in [5.74, 6) is 0.0526. The van der Waals surface area contributed by atoms with E-state index >= 15 is 0 Å². The van der Waals surface area contributed by atoms with Crippen molar-refractivity contribution in [3.8, 4) is 0 Å². The highest BCUT2D eigenvalue weighted by Crippen LogP contribution is 2.15. The molecule has 0 radical (unpaired) electrons. The third kappa shape index (κ3) is 4.28. The van der Waals surface area contributed by atoms with E-state index in [1.807, 2.05) is 6.92 Å². The summed E-state index contributed by atoms with van der Waals surface area (Å²) in [5, 5.41) is 6.59. The van der Waals surface area contributed by atoms with E-state index in [4.69, 9.17) is 4.52 Å². The third-order valence-corrected chi connectivity index (χ3v) is 4.50. The summed E-state index contributed by atoms with van der Waals surface area (Å²) in [5.41, 5.74) is 1.41. The van der Waals surface area contributed by atoms with Crippen molar-refractivity contribution in [1.82, 2.24) is 15.4 Å². The van der Waals surface area contributed by atoms with E-state index in [1.165, 1.54) is 18.3 Å². The average Bonchev–Trinajstić information content (AvgIpc) is 3.21. The Morgan fingerprint density at radius 3 is 2.85 bits per heavy atom. The number of likely N-dealkylation sites (tertiary alicyclic amines) is 1. The van der Waals surface area contributed by atoms with Gasteiger partial charge in [-0.15, -0.1) is 0 Å². The maximum atomic E-state index is 12.9. The highest BCUT2D eigenvalue weighted by atomic mass is 19.1. The van der Waals surface area contributed by atoms with Crippen molar-refractivity contribution in [1.29, 1.82) is 0 Å². The molecule has 2 heterocycles. The normalized spacial score (nSPS) is 16.9. The first-order valence-electron chi connectivity index (χ1n) is 8.83. The summed E-state index contributed by atoms with van der Waals surface area (Å²) in [4.78, 5) is 26.3. The predicted octanol–water partition coefficient (Wildman–Crippen LogP) is 2.34. The molecule has 26 heavy (non-hydrogen) atoms. The van der Waals surface area contributed by atoms with Gasteiger partial charge in [0.1, 0.15) is 17.1 Å². The van der Waals surface area contributed by atoms with Crippen LogP contribution in [0.15, 0.2) is 35.0 Å². The van der Waals surface area contributed by atoms with Gasteiger partial charge in [0, 0.05) is 25.9 Å². The minimum atomic E-state index is -0.273. The van der Waals surface area contributed by atoms with Crippen LogP contribution in [0.3, 0.4) is 0 Å². The fourth-order valence-corrected chi connectivity index (χ4v) is 3.12. The maximum absolute atomic E-state index is 12.9. The summed E-state index contributed by atoms with van der Waals surface area (Å²) in [6, 6.07) is 6.04. The van der Waals surface area contributed by atoms with E-state index in [1.54, 1.807) is 17.0 Å². The van der Waals surface area contributed by atoms with Crippen LogP contribution >= 0.6 is 0 Å². The fourth-order valence-electron chi connectivity index (χ4n) is 3.12. The quantitative estimate of drug-likeness (QED) is 0.823. The van der Waals surface area contributed by atoms with Crippen LogP contribution in [0.2, 0.25) is 0 Å². The number of halogens is 1. The van der Waals surface area contributed by atoms with Crippen molar-refractivity contribution in [3.63, 3.8) is 0 Å². The van der Waals surface area contributed by atoms with Crippen molar-refractivity contribution in [2.24, 2.45) is 0 Å². The second-order valence-electron chi connectivity index (χ2n) is 6.50. The Balaban J connectivity index is 1.53. The molecule has 1 aromatic carbocycles. The number of hydrogen-bond donors (Lipinski definition) is 1. The Morgan fingerprint density at radius 2 is 2.12 bits per heavy atom. The Bertz CT molecular complexity index is 773. The zero-order valence-electron chi connectivity index (χ0n) is 14.7. The monoisotopic (exact) mass is 359 g/mol. The summed E-state index contributed by atoms with van der Waals surface area (Å²) >= 11 is 0. The average molecular weight is 359 g/mol. The smallest absolute Gasteiger partial charge is 0.256 e. The zero-order chi connectivity index (χ0) is 18.5. The lowest BCUT2D eigenvalue weighted by molar-refractivity contribution is -0.127. The number of amides is 2. The highest BCUT2D eigenvalue weighted by Gasteiger charge is 2.31. The van der Waals surface area contributed by atoms with Gasteiger partial charge in [-0.1, -0.05) is 24.2 Å². The van der Waals surface area contributed by atoms with Gasteiger partial charge in [-0.3, -0.25) is 9.59 Å². The minimum absolute atomic E-state index is 0.0107. The number of carbonyl (C=O) groups is 2. The molecule has 1 aliphatic rings. The van der Waals surface area contributed by atoms with Crippen molar-refractivity contribution >= 4 is 11.8 Å². The summed E-state index contributed by atoms with van der Waals surface area (Å²) < 4.78 is 18.1. The predicted molar refractivity (Wildman–Crippen MR) is 93.1 cm³/mol. The molecule has 3 rings (SSSR count). The van der Waals surface area contributed by atoms with Crippen LogP contribution in [0.25, 0.3) is 0 Å². The highest BCUT2D eigenvalue weighted by molar-refractivity contribution is 5.95. The Kier molecular flexibility index (Phi) is 5.65. The van der Waals surface area contributed by atoms with Crippen LogP contribution in [0.4, 0.5) is 4.39 Å². The number of nitrogens with zero attached hydrogens (tertiary/aromatic N) is 2. The number of aryl methyl sites for hydroxylation is 1. The van der Waals surface area contributed by atoms with Crippen LogP contribution in [0, 0.1) is 5.82 Å². The number of hydrogen-bond acceptors (Lipinski definition) is 4. The molecule has 0 spiro atoms. The molecule has 0 bridgehead atoms. The molecular weight excluding hydrogens is 337 g/mol. The molecule has 1 saturated heterocycles. The number of benzene rings is 1. The number of nitrogens with one attached hydrogen (secondary N) is 1. The molecule has 2 aromatic rings. The minimum Gasteiger partial charge on any atom is -0.361 e. The van der Waals surface area contributed by atoms with Crippen LogP contribution in [-0.4, -0.2) is 41.0 Å². The fraction of sp³-hybridized carbons (Fsp3) is 0.421. The van der Waals surface area contributed by atoms with E-state index in [2.05, 4.69) is 10.5 Å². The van der Waals surface area contributed by atoms with Crippen LogP contribution in [0.1, 0.15) is 41.4 Å². The first kappa shape index (κ1) is 18.1. The molecule has 0 unspecified atom stereocenters. The Morgan fingerprint density at radius 1 is 1.35 bits per heavy atom.